The molecule has 2 saturated heterocycles. The Morgan fingerprint density at radius 1 is 0.857 bits per heavy atom. The summed E-state index contributed by atoms with van der Waals surface area (Å²) in [6.45, 7) is 10.6. The molecule has 1 aromatic rings. The summed E-state index contributed by atoms with van der Waals surface area (Å²) in [5.74, 6) is -4.89. The van der Waals surface area contributed by atoms with Gasteiger partial charge in [-0.15, -0.1) is 0 Å². The lowest BCUT2D eigenvalue weighted by molar-refractivity contribution is -0.149. The molecule has 11 atom stereocenters. The highest BCUT2D eigenvalue weighted by molar-refractivity contribution is 6.12. The highest BCUT2D eigenvalue weighted by atomic mass is 16.5. The van der Waals surface area contributed by atoms with Crippen LogP contribution in [0.15, 0.2) is 42.5 Å². The number of nitrogens with one attached hydrogen (secondary N) is 2. The van der Waals surface area contributed by atoms with E-state index < -0.39 is 60.2 Å². The molecular weight excluding hydrogens is 905 g/mol. The fourth-order valence-corrected chi connectivity index (χ4v) is 10.7. The summed E-state index contributed by atoms with van der Waals surface area (Å²) in [5.41, 5.74) is 0.764. The molecule has 3 N–H and O–H groups in total. The van der Waals surface area contributed by atoms with Crippen molar-refractivity contribution in [3.05, 3.63) is 48.0 Å². The first-order valence-electron chi connectivity index (χ1n) is 24.9. The van der Waals surface area contributed by atoms with Crippen molar-refractivity contribution in [3.63, 3.8) is 0 Å². The highest BCUT2D eigenvalue weighted by Gasteiger charge is 2.52. The molecule has 3 fully saturated rings. The number of methoxy groups -OCH3 is 2. The van der Waals surface area contributed by atoms with Crippen molar-refractivity contribution in [2.45, 2.75) is 141 Å². The van der Waals surface area contributed by atoms with Crippen LogP contribution in [0.5, 0.6) is 0 Å². The number of rotatable bonds is 28. The van der Waals surface area contributed by atoms with Crippen molar-refractivity contribution in [3.8, 4) is 0 Å². The maximum atomic E-state index is 14.7. The molecule has 1 aliphatic carbocycles. The number of aliphatic carboxylic acids is 1. The summed E-state index contributed by atoms with van der Waals surface area (Å²) in [6.07, 6.45) is 5.21. The number of amides is 7. The number of nitrogens with zero attached hydrogens (tertiary/aromatic N) is 4. The zero-order chi connectivity index (χ0) is 51.2. The summed E-state index contributed by atoms with van der Waals surface area (Å²) >= 11 is 0. The van der Waals surface area contributed by atoms with Crippen molar-refractivity contribution in [2.75, 3.05) is 60.8 Å². The van der Waals surface area contributed by atoms with Crippen LogP contribution in [-0.4, -0.2) is 181 Å². The number of benzene rings is 1. The Labute approximate surface area is 412 Å². The first kappa shape index (κ1) is 55.7. The van der Waals surface area contributed by atoms with Gasteiger partial charge in [-0.3, -0.25) is 38.5 Å². The monoisotopic (exact) mass is 981 g/mol. The fraction of sp³-hybridized carbons (Fsp3) is 0.686. The summed E-state index contributed by atoms with van der Waals surface area (Å²) < 4.78 is 23.1. The van der Waals surface area contributed by atoms with E-state index in [9.17, 15) is 43.5 Å². The minimum Gasteiger partial charge on any atom is -0.480 e. The minimum absolute atomic E-state index is 0.0454. The van der Waals surface area contributed by atoms with E-state index in [-0.39, 0.29) is 111 Å². The van der Waals surface area contributed by atoms with Gasteiger partial charge >= 0.3 is 5.97 Å². The van der Waals surface area contributed by atoms with Crippen LogP contribution in [0.3, 0.4) is 0 Å². The van der Waals surface area contributed by atoms with Crippen molar-refractivity contribution in [1.29, 1.82) is 0 Å². The van der Waals surface area contributed by atoms with E-state index in [0.29, 0.717) is 32.2 Å². The maximum absolute atomic E-state index is 14.7. The van der Waals surface area contributed by atoms with E-state index in [2.05, 4.69) is 10.6 Å². The number of hydrogen-bond donors (Lipinski definition) is 3. The summed E-state index contributed by atoms with van der Waals surface area (Å²) in [5, 5.41) is 15.7. The second kappa shape index (κ2) is 26.3. The van der Waals surface area contributed by atoms with Crippen LogP contribution < -0.4 is 10.6 Å². The molecule has 0 spiro atoms. The third-order valence-corrected chi connectivity index (χ3v) is 14.7. The number of carbonyl (C=O) groups is 8. The summed E-state index contributed by atoms with van der Waals surface area (Å²) in [6, 6.07) is 5.06. The van der Waals surface area contributed by atoms with Crippen LogP contribution in [0.4, 0.5) is 0 Å². The molecule has 19 nitrogen and oxygen atoms in total. The zero-order valence-corrected chi connectivity index (χ0v) is 42.2. The maximum Gasteiger partial charge on any atom is 0.326 e. The molecule has 4 aliphatic rings. The summed E-state index contributed by atoms with van der Waals surface area (Å²) in [7, 11) is 4.66. The van der Waals surface area contributed by atoms with Gasteiger partial charge in [-0.25, -0.2) is 4.79 Å². The van der Waals surface area contributed by atoms with Crippen LogP contribution in [-0.2, 0) is 63.7 Å². The molecule has 7 unspecified atom stereocenters. The average molecular weight is 981 g/mol. The van der Waals surface area contributed by atoms with Crippen LogP contribution >= 0.6 is 0 Å². The van der Waals surface area contributed by atoms with E-state index in [0.717, 1.165) is 23.3 Å². The molecule has 2 bridgehead atoms. The van der Waals surface area contributed by atoms with Gasteiger partial charge in [0.25, 0.3) is 11.8 Å². The SMILES string of the molecule is CCC(C)C(C(CC(=O)N1CCC[C@H]1C(OC)C(C)C(=O)NC(Cc1ccccc1)C(=O)O)OC)N(C)C(=O)C(NC(=O)[C@@H]1[C@H]2CC[C@H](C2)N1C(=O)CCOCCOCCN1C(=O)C=CC1=O)C(C)C. The molecule has 388 valence electrons. The number of hydrogen-bond acceptors (Lipinski definition) is 12. The molecule has 0 aromatic heterocycles. The Morgan fingerprint density at radius 2 is 1.53 bits per heavy atom. The lowest BCUT2D eigenvalue weighted by Crippen LogP contribution is -2.60. The molecule has 5 rings (SSSR count). The van der Waals surface area contributed by atoms with Crippen LogP contribution in [0, 0.1) is 23.7 Å². The largest absolute Gasteiger partial charge is 0.480 e. The predicted octanol–water partition coefficient (Wildman–Crippen LogP) is 2.59. The Balaban J connectivity index is 1.18. The highest BCUT2D eigenvalue weighted by Crippen LogP contribution is 2.43. The third-order valence-electron chi connectivity index (χ3n) is 14.7. The van der Waals surface area contributed by atoms with Crippen molar-refractivity contribution < 1.29 is 62.4 Å². The van der Waals surface area contributed by atoms with Gasteiger partial charge in [0.05, 0.1) is 76.0 Å². The number of carboxylic acid groups (broad SMARTS) is 1. The van der Waals surface area contributed by atoms with Crippen LogP contribution in [0.2, 0.25) is 0 Å². The minimum atomic E-state index is -1.16. The number of carbonyl (C=O) groups excluding carboxylic acids is 7. The summed E-state index contributed by atoms with van der Waals surface area (Å²) in [4.78, 5) is 112. The second-order valence-electron chi connectivity index (χ2n) is 19.5. The van der Waals surface area contributed by atoms with Gasteiger partial charge in [-0.2, -0.15) is 0 Å². The van der Waals surface area contributed by atoms with Crippen LogP contribution in [0.25, 0.3) is 0 Å². The topological polar surface area (TPSA) is 231 Å². The normalized spacial score (nSPS) is 22.7. The molecule has 7 amide bonds. The van der Waals surface area contributed by atoms with Crippen LogP contribution in [0.1, 0.15) is 91.5 Å². The van der Waals surface area contributed by atoms with E-state index in [1.807, 2.05) is 33.8 Å². The zero-order valence-electron chi connectivity index (χ0n) is 42.2. The third kappa shape index (κ3) is 13.8. The smallest absolute Gasteiger partial charge is 0.326 e. The number of likely N-dealkylation sites (tertiary alicyclic amines) is 2. The van der Waals surface area contributed by atoms with Crippen molar-refractivity contribution in [1.82, 2.24) is 30.2 Å². The van der Waals surface area contributed by atoms with Gasteiger partial charge < -0.3 is 49.4 Å². The molecule has 3 aliphatic heterocycles. The van der Waals surface area contributed by atoms with Gasteiger partial charge in [0.1, 0.15) is 18.1 Å². The number of carboxylic acids is 1. The molecule has 70 heavy (non-hydrogen) atoms. The number of imide groups is 1. The van der Waals surface area contributed by atoms with E-state index >= 15 is 0 Å². The molecular formula is C51H76N6O13. The average Bonchev–Trinajstić information content (AvgIpc) is 4.17. The van der Waals surface area contributed by atoms with Gasteiger partial charge in [0.2, 0.25) is 29.5 Å². The fourth-order valence-electron chi connectivity index (χ4n) is 10.7. The first-order valence-corrected chi connectivity index (χ1v) is 24.9. The van der Waals surface area contributed by atoms with E-state index in [1.165, 1.54) is 26.4 Å². The lowest BCUT2D eigenvalue weighted by Gasteiger charge is -2.41. The molecule has 0 radical (unpaired) electrons. The lowest BCUT2D eigenvalue weighted by atomic mass is 9.89. The van der Waals surface area contributed by atoms with E-state index in [1.54, 1.807) is 52.9 Å². The van der Waals surface area contributed by atoms with Crippen molar-refractivity contribution in [2.24, 2.45) is 23.7 Å². The number of fused-ring (bicyclic) bond motifs is 2. The van der Waals surface area contributed by atoms with Gasteiger partial charge in [-0.1, -0.05) is 71.4 Å². The molecule has 1 saturated carbocycles. The van der Waals surface area contributed by atoms with Gasteiger partial charge in [-0.05, 0) is 55.4 Å². The Hall–Kier alpha value is -5.24. The second-order valence-corrected chi connectivity index (χ2v) is 19.5. The molecule has 19 heteroatoms. The number of ether oxygens (including phenoxy) is 4. The Morgan fingerprint density at radius 3 is 2.14 bits per heavy atom. The number of likely N-dealkylation sites (N-methyl/N-ethyl adjacent to an activating group) is 1. The number of piperidine rings is 1. The Bertz CT molecular complexity index is 2000. The standard InChI is InChI=1S/C51H76N6O13/c1-9-32(4)45(39(67-7)30-43(61)55-22-13-16-38(55)47(68-8)33(5)48(62)52-37(51(65)66)28-34-14-11-10-12-15-34)54(6)50(64)44(31(2)3)53-49(63)46-35-17-18-36(29-35)57(46)42(60)21-24-69-26-27-70-25-23-56-40(58)19-20-41(56)59/h10-12,14-15,19-20,31-33,35-39,44-47H,9,13,16-18,21-30H2,1-8H3,(H,52,62)(H,53,63)(H,65,66)/t32?,33?,35-,36+,37?,38-,39?,44?,45?,46-,47?/m0/s1. The van der Waals surface area contributed by atoms with E-state index in [4.69, 9.17) is 18.9 Å². The molecule has 3 heterocycles. The van der Waals surface area contributed by atoms with Crippen molar-refractivity contribution >= 4 is 47.3 Å². The molecule has 1 aromatic carbocycles. The Kier molecular flexibility index (Phi) is 20.9. The van der Waals surface area contributed by atoms with Gasteiger partial charge in [0.15, 0.2) is 0 Å². The first-order chi connectivity index (χ1) is 33.4. The quantitative estimate of drug-likeness (QED) is 0.0811. The predicted molar refractivity (Wildman–Crippen MR) is 256 cm³/mol. The van der Waals surface area contributed by atoms with Gasteiger partial charge in [0, 0.05) is 52.4 Å².